The molecule has 2 heterocycles. The number of aromatic nitrogens is 1. The Morgan fingerprint density at radius 1 is 1.16 bits per heavy atom. The maximum Gasteiger partial charge on any atom is 0.343 e. The van der Waals surface area contributed by atoms with E-state index in [0.717, 1.165) is 34.1 Å². The van der Waals surface area contributed by atoms with Gasteiger partial charge in [-0.05, 0) is 41.7 Å². The average molecular weight is 451 g/mol. The van der Waals surface area contributed by atoms with Crippen LogP contribution >= 0.6 is 11.5 Å². The molecule has 1 aliphatic rings. The van der Waals surface area contributed by atoms with Crippen molar-refractivity contribution < 1.29 is 19.1 Å². The van der Waals surface area contributed by atoms with Crippen LogP contribution in [-0.4, -0.2) is 40.7 Å². The fourth-order valence-corrected chi connectivity index (χ4v) is 4.18. The van der Waals surface area contributed by atoms with E-state index in [1.54, 1.807) is 14.0 Å². The van der Waals surface area contributed by atoms with E-state index >= 15 is 0 Å². The van der Waals surface area contributed by atoms with Gasteiger partial charge in [-0.2, -0.15) is 9.47 Å². The van der Waals surface area contributed by atoms with Gasteiger partial charge in [0.25, 0.3) is 5.91 Å². The Labute approximate surface area is 189 Å². The van der Waals surface area contributed by atoms with Crippen molar-refractivity contribution in [2.75, 3.05) is 19.5 Å². The standard InChI is InChI=1S/C23H22N4O4S/c1-14-21(22(24)32-26-14)23(29)31-13-20(28)27-19(16-8-10-17(30-2)11-9-16)12-18(25-27)15-6-4-3-5-7-15/h3-11,19H,12-13,24H2,1-2H3/t19-/m0/s1. The molecule has 8 nitrogen and oxygen atoms in total. The number of carbonyl (C=O) groups excluding carboxylic acids is 2. The minimum absolute atomic E-state index is 0.199. The fraction of sp³-hybridized carbons (Fsp3) is 0.217. The number of nitrogen functional groups attached to an aromatic ring is 1. The molecule has 1 aromatic heterocycles. The highest BCUT2D eigenvalue weighted by molar-refractivity contribution is 7.10. The smallest absolute Gasteiger partial charge is 0.343 e. The zero-order valence-electron chi connectivity index (χ0n) is 17.6. The summed E-state index contributed by atoms with van der Waals surface area (Å²) < 4.78 is 14.5. The first-order valence-electron chi connectivity index (χ1n) is 9.95. The number of carbonyl (C=O) groups is 2. The Morgan fingerprint density at radius 3 is 2.50 bits per heavy atom. The molecule has 2 N–H and O–H groups in total. The molecule has 9 heteroatoms. The number of hydrazone groups is 1. The Bertz CT molecular complexity index is 1140. The number of hydrogen-bond donors (Lipinski definition) is 1. The van der Waals surface area contributed by atoms with Gasteiger partial charge < -0.3 is 15.2 Å². The molecule has 1 amide bonds. The summed E-state index contributed by atoms with van der Waals surface area (Å²) in [6.07, 6.45) is 0.538. The Kier molecular flexibility index (Phi) is 6.18. The minimum atomic E-state index is -0.672. The van der Waals surface area contributed by atoms with E-state index < -0.39 is 18.5 Å². The van der Waals surface area contributed by atoms with Gasteiger partial charge in [-0.15, -0.1) is 0 Å². The lowest BCUT2D eigenvalue weighted by Crippen LogP contribution is -2.31. The van der Waals surface area contributed by atoms with Gasteiger partial charge in [0.1, 0.15) is 16.3 Å². The topological polar surface area (TPSA) is 107 Å². The highest BCUT2D eigenvalue weighted by Crippen LogP contribution is 2.33. The second-order valence-electron chi connectivity index (χ2n) is 7.23. The number of esters is 1. The normalized spacial score (nSPS) is 15.4. The first-order chi connectivity index (χ1) is 15.5. The van der Waals surface area contributed by atoms with E-state index in [1.807, 2.05) is 54.6 Å². The third-order valence-corrected chi connectivity index (χ3v) is 5.96. The first-order valence-corrected chi connectivity index (χ1v) is 10.7. The summed E-state index contributed by atoms with van der Waals surface area (Å²) in [5.74, 6) is -0.376. The second kappa shape index (κ2) is 9.19. The molecule has 0 bridgehead atoms. The molecule has 2 aromatic carbocycles. The average Bonchev–Trinajstić information content (AvgIpc) is 3.41. The maximum atomic E-state index is 13.0. The van der Waals surface area contributed by atoms with Crippen molar-refractivity contribution in [2.24, 2.45) is 5.10 Å². The largest absolute Gasteiger partial charge is 0.497 e. The lowest BCUT2D eigenvalue weighted by Gasteiger charge is -2.22. The second-order valence-corrected chi connectivity index (χ2v) is 8.03. The van der Waals surface area contributed by atoms with Gasteiger partial charge in [-0.25, -0.2) is 9.80 Å². The van der Waals surface area contributed by atoms with Crippen LogP contribution in [0.2, 0.25) is 0 Å². The zero-order chi connectivity index (χ0) is 22.7. The molecule has 0 spiro atoms. The lowest BCUT2D eigenvalue weighted by atomic mass is 9.98. The molecule has 3 aromatic rings. The van der Waals surface area contributed by atoms with Gasteiger partial charge in [-0.3, -0.25) is 4.79 Å². The fourth-order valence-electron chi connectivity index (χ4n) is 3.53. The van der Waals surface area contributed by atoms with Crippen molar-refractivity contribution in [2.45, 2.75) is 19.4 Å². The number of anilines is 1. The number of nitrogens with two attached hydrogens (primary N) is 1. The van der Waals surface area contributed by atoms with Crippen LogP contribution in [0.25, 0.3) is 0 Å². The summed E-state index contributed by atoms with van der Waals surface area (Å²) in [7, 11) is 1.60. The SMILES string of the molecule is COc1ccc([C@@H]2CC(c3ccccc3)=NN2C(=O)COC(=O)c2c(C)nsc2N)cc1. The number of ether oxygens (including phenoxy) is 2. The molecule has 4 rings (SSSR count). The monoisotopic (exact) mass is 450 g/mol. The quantitative estimate of drug-likeness (QED) is 0.575. The summed E-state index contributed by atoms with van der Waals surface area (Å²) in [6.45, 7) is 1.22. The van der Waals surface area contributed by atoms with Gasteiger partial charge in [0.05, 0.1) is 24.6 Å². The van der Waals surface area contributed by atoms with Gasteiger partial charge in [0.2, 0.25) is 0 Å². The number of methoxy groups -OCH3 is 1. The van der Waals surface area contributed by atoms with E-state index in [0.29, 0.717) is 12.1 Å². The third-order valence-electron chi connectivity index (χ3n) is 5.19. The van der Waals surface area contributed by atoms with Crippen LogP contribution in [0.15, 0.2) is 59.7 Å². The van der Waals surface area contributed by atoms with Crippen molar-refractivity contribution in [1.29, 1.82) is 0 Å². The summed E-state index contributed by atoms with van der Waals surface area (Å²) in [6, 6.07) is 16.8. The van der Waals surface area contributed by atoms with Gasteiger partial charge in [-0.1, -0.05) is 42.5 Å². The molecule has 0 unspecified atom stereocenters. The number of rotatable bonds is 6. The molecule has 1 aliphatic heterocycles. The van der Waals surface area contributed by atoms with Crippen LogP contribution in [0.5, 0.6) is 5.75 Å². The molecule has 0 saturated carbocycles. The Hall–Kier alpha value is -3.72. The van der Waals surface area contributed by atoms with Crippen LogP contribution in [-0.2, 0) is 9.53 Å². The third kappa shape index (κ3) is 4.33. The van der Waals surface area contributed by atoms with Crippen molar-refractivity contribution in [3.8, 4) is 5.75 Å². The van der Waals surface area contributed by atoms with Crippen LogP contribution < -0.4 is 10.5 Å². The van der Waals surface area contributed by atoms with Gasteiger partial charge in [0.15, 0.2) is 6.61 Å². The van der Waals surface area contributed by atoms with E-state index in [1.165, 1.54) is 5.01 Å². The zero-order valence-corrected chi connectivity index (χ0v) is 18.5. The van der Waals surface area contributed by atoms with E-state index in [4.69, 9.17) is 15.2 Å². The van der Waals surface area contributed by atoms with Crippen molar-refractivity contribution in [3.05, 3.63) is 77.0 Å². The van der Waals surface area contributed by atoms with Gasteiger partial charge >= 0.3 is 5.97 Å². The summed E-state index contributed by atoms with van der Waals surface area (Å²) in [4.78, 5) is 25.5. The summed E-state index contributed by atoms with van der Waals surface area (Å²) >= 11 is 1.02. The molecule has 0 fully saturated rings. The molecule has 0 saturated heterocycles. The molecule has 0 aliphatic carbocycles. The maximum absolute atomic E-state index is 13.0. The molecular weight excluding hydrogens is 428 g/mol. The first kappa shape index (κ1) is 21.5. The lowest BCUT2D eigenvalue weighted by molar-refractivity contribution is -0.136. The van der Waals surface area contributed by atoms with Gasteiger partial charge in [0, 0.05) is 6.42 Å². The van der Waals surface area contributed by atoms with E-state index in [-0.39, 0.29) is 16.6 Å². The molecule has 32 heavy (non-hydrogen) atoms. The van der Waals surface area contributed by atoms with E-state index in [2.05, 4.69) is 9.47 Å². The van der Waals surface area contributed by atoms with Crippen LogP contribution in [0.1, 0.15) is 39.6 Å². The predicted molar refractivity (Wildman–Crippen MR) is 122 cm³/mol. The summed E-state index contributed by atoms with van der Waals surface area (Å²) in [5.41, 5.74) is 9.11. The van der Waals surface area contributed by atoms with Crippen LogP contribution in [0.4, 0.5) is 5.00 Å². The highest BCUT2D eigenvalue weighted by Gasteiger charge is 2.34. The minimum Gasteiger partial charge on any atom is -0.497 e. The van der Waals surface area contributed by atoms with Crippen LogP contribution in [0.3, 0.4) is 0 Å². The van der Waals surface area contributed by atoms with Crippen molar-refractivity contribution in [1.82, 2.24) is 9.38 Å². The number of benzene rings is 2. The highest BCUT2D eigenvalue weighted by atomic mass is 32.1. The molecule has 0 radical (unpaired) electrons. The molecule has 1 atom stereocenters. The Morgan fingerprint density at radius 2 is 1.88 bits per heavy atom. The predicted octanol–water partition coefficient (Wildman–Crippen LogP) is 3.58. The van der Waals surface area contributed by atoms with E-state index in [9.17, 15) is 9.59 Å². The Balaban J connectivity index is 1.55. The summed E-state index contributed by atoms with van der Waals surface area (Å²) in [5, 5.41) is 6.23. The molecule has 164 valence electrons. The molecular formula is C23H22N4O4S. The number of amides is 1. The number of hydrogen-bond acceptors (Lipinski definition) is 8. The number of aryl methyl sites for hydroxylation is 1. The van der Waals surface area contributed by atoms with Crippen molar-refractivity contribution in [3.63, 3.8) is 0 Å². The van der Waals surface area contributed by atoms with Crippen LogP contribution in [0, 0.1) is 6.92 Å². The van der Waals surface area contributed by atoms with Crippen molar-refractivity contribution >= 4 is 34.1 Å². The number of nitrogens with zero attached hydrogens (tertiary/aromatic N) is 3.